The first-order chi connectivity index (χ1) is 15.1. The van der Waals surface area contributed by atoms with Crippen LogP contribution in [0, 0.1) is 0 Å². The van der Waals surface area contributed by atoms with Crippen LogP contribution in [0.1, 0.15) is 36.2 Å². The number of likely N-dealkylation sites (tertiary alicyclic amines) is 1. The van der Waals surface area contributed by atoms with Crippen LogP contribution in [0.4, 0.5) is 0 Å². The molecule has 8 heteroatoms. The summed E-state index contributed by atoms with van der Waals surface area (Å²) in [6, 6.07) is 3.54. The Labute approximate surface area is 187 Å². The minimum atomic E-state index is 0.0166. The molecule has 8 nitrogen and oxygen atoms in total. The summed E-state index contributed by atoms with van der Waals surface area (Å²) in [7, 11) is 4.31. The van der Waals surface area contributed by atoms with E-state index in [0.29, 0.717) is 11.9 Å². The molecule has 1 aromatic heterocycles. The molecular weight excluding hydrogens is 392 g/mol. The molecule has 1 unspecified atom stereocenters. The minimum Gasteiger partial charge on any atom is -0.459 e. The number of furan rings is 1. The lowest BCUT2D eigenvalue weighted by Crippen LogP contribution is -2.67. The van der Waals surface area contributed by atoms with Crippen LogP contribution in [0.5, 0.6) is 0 Å². The fraction of sp³-hybridized carbons (Fsp3) is 0.783. The van der Waals surface area contributed by atoms with Gasteiger partial charge in [-0.2, -0.15) is 0 Å². The van der Waals surface area contributed by atoms with Gasteiger partial charge >= 0.3 is 0 Å². The van der Waals surface area contributed by atoms with Crippen LogP contribution >= 0.6 is 0 Å². The van der Waals surface area contributed by atoms with Gasteiger partial charge in [-0.3, -0.25) is 14.6 Å². The van der Waals surface area contributed by atoms with E-state index in [9.17, 15) is 4.79 Å². The predicted molar refractivity (Wildman–Crippen MR) is 122 cm³/mol. The lowest BCUT2D eigenvalue weighted by Gasteiger charge is -2.52. The molecule has 31 heavy (non-hydrogen) atoms. The number of hydrogen-bond acceptors (Lipinski definition) is 7. The minimum absolute atomic E-state index is 0.0166. The van der Waals surface area contributed by atoms with E-state index in [2.05, 4.69) is 38.8 Å². The van der Waals surface area contributed by atoms with Crippen molar-refractivity contribution in [2.45, 2.75) is 31.8 Å². The zero-order valence-electron chi connectivity index (χ0n) is 19.4. The fourth-order valence-corrected chi connectivity index (χ4v) is 5.19. The Balaban J connectivity index is 1.35. The lowest BCUT2D eigenvalue weighted by molar-refractivity contribution is -0.159. The highest BCUT2D eigenvalue weighted by Gasteiger charge is 2.37. The van der Waals surface area contributed by atoms with E-state index >= 15 is 0 Å². The quantitative estimate of drug-likeness (QED) is 0.644. The van der Waals surface area contributed by atoms with Crippen LogP contribution in [-0.2, 0) is 0 Å². The second-order valence-corrected chi connectivity index (χ2v) is 9.42. The van der Waals surface area contributed by atoms with Gasteiger partial charge in [0.2, 0.25) is 0 Å². The molecule has 0 aromatic carbocycles. The molecule has 3 saturated heterocycles. The summed E-state index contributed by atoms with van der Waals surface area (Å²) >= 11 is 0. The smallest absolute Gasteiger partial charge is 0.289 e. The molecule has 0 N–H and O–H groups in total. The summed E-state index contributed by atoms with van der Waals surface area (Å²) in [6.07, 6.45) is 7.26. The summed E-state index contributed by atoms with van der Waals surface area (Å²) in [5.41, 5.74) is 0. The number of hydrogen-bond donors (Lipinski definition) is 0. The Morgan fingerprint density at radius 3 is 2.48 bits per heavy atom. The fourth-order valence-electron chi connectivity index (χ4n) is 5.19. The van der Waals surface area contributed by atoms with Gasteiger partial charge in [0.15, 0.2) is 5.76 Å². The van der Waals surface area contributed by atoms with Crippen LogP contribution in [0.2, 0.25) is 0 Å². The van der Waals surface area contributed by atoms with Crippen molar-refractivity contribution >= 4 is 5.91 Å². The van der Waals surface area contributed by atoms with E-state index in [1.807, 2.05) is 4.90 Å². The number of hydrazine groups is 1. The molecule has 1 amide bonds. The molecule has 4 rings (SSSR count). The summed E-state index contributed by atoms with van der Waals surface area (Å²) in [6.45, 7) is 11.4. The average molecular weight is 433 g/mol. The van der Waals surface area contributed by atoms with Gasteiger partial charge in [0.05, 0.1) is 12.4 Å². The van der Waals surface area contributed by atoms with Crippen molar-refractivity contribution in [2.24, 2.45) is 0 Å². The monoisotopic (exact) mass is 432 g/mol. The second-order valence-electron chi connectivity index (χ2n) is 9.42. The van der Waals surface area contributed by atoms with Gasteiger partial charge in [-0.1, -0.05) is 6.42 Å². The molecule has 1 atom stereocenters. The van der Waals surface area contributed by atoms with Crippen molar-refractivity contribution < 1.29 is 9.21 Å². The molecule has 174 valence electrons. The van der Waals surface area contributed by atoms with E-state index in [-0.39, 0.29) is 5.91 Å². The first kappa shape index (κ1) is 22.7. The zero-order valence-corrected chi connectivity index (χ0v) is 19.4. The van der Waals surface area contributed by atoms with Crippen molar-refractivity contribution in [3.05, 3.63) is 24.2 Å². The van der Waals surface area contributed by atoms with Crippen LogP contribution in [0.15, 0.2) is 22.8 Å². The van der Waals surface area contributed by atoms with E-state index in [1.165, 1.54) is 45.3 Å². The topological polar surface area (TPSA) is 49.7 Å². The summed E-state index contributed by atoms with van der Waals surface area (Å²) in [5.74, 6) is 0.467. The number of carbonyl (C=O) groups is 1. The number of piperazine rings is 2. The Hall–Kier alpha value is -1.45. The molecule has 0 aliphatic carbocycles. The normalized spacial score (nSPS) is 25.4. The molecule has 0 bridgehead atoms. The summed E-state index contributed by atoms with van der Waals surface area (Å²) in [5, 5.41) is 5.14. The number of carbonyl (C=O) groups excluding carboxylic acids is 1. The van der Waals surface area contributed by atoms with Crippen molar-refractivity contribution in [1.29, 1.82) is 0 Å². The largest absolute Gasteiger partial charge is 0.459 e. The van der Waals surface area contributed by atoms with E-state index in [0.717, 1.165) is 52.4 Å². The van der Waals surface area contributed by atoms with Crippen LogP contribution in [0.3, 0.4) is 0 Å². The van der Waals surface area contributed by atoms with Crippen LogP contribution < -0.4 is 0 Å². The molecule has 3 aliphatic rings. The van der Waals surface area contributed by atoms with E-state index in [1.54, 1.807) is 18.4 Å². The third-order valence-corrected chi connectivity index (χ3v) is 6.94. The highest BCUT2D eigenvalue weighted by molar-refractivity contribution is 5.91. The third kappa shape index (κ3) is 5.87. The van der Waals surface area contributed by atoms with E-state index < -0.39 is 0 Å². The number of nitrogens with zero attached hydrogens (tertiary/aromatic N) is 6. The highest BCUT2D eigenvalue weighted by Crippen LogP contribution is 2.22. The Kier molecular flexibility index (Phi) is 8.01. The molecule has 0 saturated carbocycles. The standard InChI is InChI=1S/C23H40N6O2/c1-24(2)9-7-10-25-13-18-29(22(20-25)26-11-4-3-5-12-26)28-16-14-27(15-17-28)23(30)21-8-6-19-31-21/h6,8,19,22H,3-5,7,9-18,20H2,1-2H3. The zero-order chi connectivity index (χ0) is 21.6. The maximum Gasteiger partial charge on any atom is 0.289 e. The van der Waals surface area contributed by atoms with E-state index in [4.69, 9.17) is 4.42 Å². The van der Waals surface area contributed by atoms with Crippen molar-refractivity contribution in [2.75, 3.05) is 86.1 Å². The number of amides is 1. The van der Waals surface area contributed by atoms with Gasteiger partial charge in [0, 0.05) is 45.8 Å². The molecule has 1 aromatic rings. The Morgan fingerprint density at radius 1 is 1.03 bits per heavy atom. The van der Waals surface area contributed by atoms with Crippen molar-refractivity contribution in [3.63, 3.8) is 0 Å². The molecular formula is C23H40N6O2. The highest BCUT2D eigenvalue weighted by atomic mass is 16.3. The average Bonchev–Trinajstić information content (AvgIpc) is 3.34. The first-order valence-corrected chi connectivity index (χ1v) is 12.1. The molecule has 0 radical (unpaired) electrons. The third-order valence-electron chi connectivity index (χ3n) is 6.94. The second kappa shape index (κ2) is 10.9. The molecule has 3 aliphatic heterocycles. The Bertz CT molecular complexity index is 668. The van der Waals surface area contributed by atoms with Gasteiger partial charge in [-0.15, -0.1) is 0 Å². The maximum absolute atomic E-state index is 12.6. The SMILES string of the molecule is CN(C)CCCN1CCN(N2CCN(C(=O)c3ccco3)CC2)C(N2CCCCC2)C1. The summed E-state index contributed by atoms with van der Waals surface area (Å²) in [4.78, 5) is 22.2. The van der Waals surface area contributed by atoms with Gasteiger partial charge in [-0.05, 0) is 71.7 Å². The maximum atomic E-state index is 12.6. The number of piperidine rings is 1. The van der Waals surface area contributed by atoms with Crippen molar-refractivity contribution in [3.8, 4) is 0 Å². The van der Waals surface area contributed by atoms with Crippen LogP contribution in [-0.4, -0.2) is 128 Å². The lowest BCUT2D eigenvalue weighted by atomic mass is 10.1. The molecule has 3 fully saturated rings. The van der Waals surface area contributed by atoms with Crippen molar-refractivity contribution in [1.82, 2.24) is 29.6 Å². The van der Waals surface area contributed by atoms with Gasteiger partial charge < -0.3 is 14.2 Å². The van der Waals surface area contributed by atoms with Gasteiger partial charge in [0.25, 0.3) is 5.91 Å². The number of rotatable bonds is 7. The first-order valence-electron chi connectivity index (χ1n) is 12.1. The predicted octanol–water partition coefficient (Wildman–Crippen LogP) is 1.33. The van der Waals surface area contributed by atoms with Gasteiger partial charge in [-0.25, -0.2) is 10.0 Å². The molecule has 0 spiro atoms. The summed E-state index contributed by atoms with van der Waals surface area (Å²) < 4.78 is 5.32. The van der Waals surface area contributed by atoms with Crippen LogP contribution in [0.25, 0.3) is 0 Å². The Morgan fingerprint density at radius 2 is 1.81 bits per heavy atom. The van der Waals surface area contributed by atoms with Gasteiger partial charge in [0.1, 0.15) is 0 Å². The molecule has 4 heterocycles.